The van der Waals surface area contributed by atoms with Crippen LogP contribution in [0.25, 0.3) is 0 Å². The number of hydrogen-bond acceptors (Lipinski definition) is 4. The smallest absolute Gasteiger partial charge is 0.0794 e. The van der Waals surface area contributed by atoms with Gasteiger partial charge in [0.15, 0.2) is 0 Å². The van der Waals surface area contributed by atoms with Crippen LogP contribution in [0.5, 0.6) is 0 Å². The summed E-state index contributed by atoms with van der Waals surface area (Å²) in [6.45, 7) is 2.88. The topological polar surface area (TPSA) is 42.0 Å². The van der Waals surface area contributed by atoms with Crippen LogP contribution in [0.15, 0.2) is 11.7 Å². The monoisotopic (exact) mass is 218 g/mol. The first kappa shape index (κ1) is 10.8. The van der Waals surface area contributed by atoms with E-state index in [1.54, 1.807) is 17.6 Å². The van der Waals surface area contributed by atoms with Gasteiger partial charge in [-0.1, -0.05) is 0 Å². The van der Waals surface area contributed by atoms with Crippen LogP contribution in [0.1, 0.15) is 17.8 Å². The molecule has 0 bridgehead atoms. The van der Waals surface area contributed by atoms with Crippen LogP contribution in [0, 0.1) is 0 Å². The van der Waals surface area contributed by atoms with Gasteiger partial charge in [-0.25, -0.2) is 0 Å². The molecule has 74 valence electrons. The Morgan fingerprint density at radius 3 is 3.08 bits per heavy atom. The van der Waals surface area contributed by atoms with Crippen molar-refractivity contribution in [3.63, 3.8) is 0 Å². The van der Waals surface area contributed by atoms with Gasteiger partial charge < -0.3 is 5.32 Å². The van der Waals surface area contributed by atoms with Crippen LogP contribution in [-0.2, 0) is 10.8 Å². The average Bonchev–Trinajstić information content (AvgIpc) is 2.55. The normalized spacial score (nSPS) is 15.5. The van der Waals surface area contributed by atoms with E-state index in [2.05, 4.69) is 17.2 Å². The minimum absolute atomic E-state index is 0.316. The highest BCUT2D eigenvalue weighted by Gasteiger charge is 2.05. The minimum atomic E-state index is -0.704. The maximum atomic E-state index is 10.8. The van der Waals surface area contributed by atoms with Crippen LogP contribution in [0.3, 0.4) is 0 Å². The molecule has 0 radical (unpaired) electrons. The predicted molar refractivity (Wildman–Crippen MR) is 57.5 cm³/mol. The van der Waals surface area contributed by atoms with E-state index in [1.807, 2.05) is 11.7 Å². The van der Waals surface area contributed by atoms with Crippen LogP contribution in [0.2, 0.25) is 0 Å². The van der Waals surface area contributed by atoms with E-state index >= 15 is 0 Å². The van der Waals surface area contributed by atoms with Crippen LogP contribution in [0.4, 0.5) is 0 Å². The molecule has 1 heterocycles. The zero-order valence-corrected chi connectivity index (χ0v) is 9.45. The summed E-state index contributed by atoms with van der Waals surface area (Å²) in [6.07, 6.45) is 3.59. The summed E-state index contributed by atoms with van der Waals surface area (Å²) >= 11 is 1.64. The van der Waals surface area contributed by atoms with Gasteiger partial charge in [0.2, 0.25) is 0 Å². The van der Waals surface area contributed by atoms with Gasteiger partial charge in [-0.15, -0.1) is 11.3 Å². The predicted octanol–water partition coefficient (Wildman–Crippen LogP) is 1.17. The summed E-state index contributed by atoms with van der Waals surface area (Å²) in [4.78, 5) is 5.23. The van der Waals surface area contributed by atoms with Crippen LogP contribution >= 0.6 is 11.3 Å². The third-order valence-electron chi connectivity index (χ3n) is 1.72. The highest BCUT2D eigenvalue weighted by Crippen LogP contribution is 2.15. The first-order valence-corrected chi connectivity index (χ1v) is 6.72. The highest BCUT2D eigenvalue weighted by molar-refractivity contribution is 7.84. The van der Waals surface area contributed by atoms with Gasteiger partial charge in [0.1, 0.15) is 0 Å². The summed E-state index contributed by atoms with van der Waals surface area (Å²) in [5.41, 5.74) is 1.82. The van der Waals surface area contributed by atoms with Crippen molar-refractivity contribution in [2.45, 2.75) is 13.0 Å². The van der Waals surface area contributed by atoms with Gasteiger partial charge >= 0.3 is 0 Å². The average molecular weight is 218 g/mol. The molecule has 1 rings (SSSR count). The molecule has 2 unspecified atom stereocenters. The second-order valence-electron chi connectivity index (χ2n) is 2.86. The summed E-state index contributed by atoms with van der Waals surface area (Å²) < 4.78 is 10.8. The molecule has 2 atom stereocenters. The molecular formula is C8H14N2OS2. The number of thiazole rings is 1. The number of hydrogen-bond donors (Lipinski definition) is 1. The Morgan fingerprint density at radius 2 is 2.54 bits per heavy atom. The van der Waals surface area contributed by atoms with E-state index in [-0.39, 0.29) is 0 Å². The molecule has 1 aromatic rings. The third-order valence-corrected chi connectivity index (χ3v) is 3.46. The lowest BCUT2D eigenvalue weighted by Crippen LogP contribution is -2.22. The Hall–Kier alpha value is -0.260. The molecule has 0 aliphatic heterocycles. The first-order valence-electron chi connectivity index (χ1n) is 4.12. The number of nitrogens with zero attached hydrogens (tertiary/aromatic N) is 1. The molecule has 0 aliphatic carbocycles. The van der Waals surface area contributed by atoms with E-state index in [1.165, 1.54) is 4.88 Å². The van der Waals surface area contributed by atoms with Crippen molar-refractivity contribution in [1.29, 1.82) is 0 Å². The van der Waals surface area contributed by atoms with E-state index in [4.69, 9.17) is 0 Å². The quantitative estimate of drug-likeness (QED) is 0.807. The van der Waals surface area contributed by atoms with Gasteiger partial charge in [-0.05, 0) is 6.92 Å². The Kier molecular flexibility index (Phi) is 4.55. The number of rotatable bonds is 5. The molecule has 1 N–H and O–H groups in total. The molecule has 0 fully saturated rings. The molecule has 1 aromatic heterocycles. The molecule has 0 amide bonds. The lowest BCUT2D eigenvalue weighted by molar-refractivity contribution is 0.604. The van der Waals surface area contributed by atoms with Crippen molar-refractivity contribution in [3.05, 3.63) is 16.6 Å². The molecule has 0 spiro atoms. The van der Waals surface area contributed by atoms with E-state index in [0.29, 0.717) is 11.8 Å². The Morgan fingerprint density at radius 1 is 1.77 bits per heavy atom. The Balaban J connectivity index is 2.26. The summed E-state index contributed by atoms with van der Waals surface area (Å²) in [7, 11) is -0.704. The molecule has 5 heteroatoms. The molecular weight excluding hydrogens is 204 g/mol. The Labute approximate surface area is 85.0 Å². The maximum absolute atomic E-state index is 10.8. The molecule has 0 aromatic carbocycles. The molecule has 0 saturated carbocycles. The van der Waals surface area contributed by atoms with Gasteiger partial charge in [0, 0.05) is 46.5 Å². The van der Waals surface area contributed by atoms with Crippen molar-refractivity contribution in [1.82, 2.24) is 10.3 Å². The van der Waals surface area contributed by atoms with Crippen LogP contribution < -0.4 is 5.32 Å². The molecule has 0 aliphatic rings. The fraction of sp³-hybridized carbons (Fsp3) is 0.625. The van der Waals surface area contributed by atoms with Crippen molar-refractivity contribution in [2.24, 2.45) is 0 Å². The van der Waals surface area contributed by atoms with E-state index < -0.39 is 10.8 Å². The van der Waals surface area contributed by atoms with Crippen molar-refractivity contribution in [3.8, 4) is 0 Å². The Bertz CT molecular complexity index is 261. The maximum Gasteiger partial charge on any atom is 0.0794 e. The van der Waals surface area contributed by atoms with Crippen LogP contribution in [-0.4, -0.2) is 27.7 Å². The molecule has 3 nitrogen and oxygen atoms in total. The van der Waals surface area contributed by atoms with Gasteiger partial charge in [0.05, 0.1) is 5.51 Å². The zero-order chi connectivity index (χ0) is 9.68. The van der Waals surface area contributed by atoms with E-state index in [9.17, 15) is 4.21 Å². The largest absolute Gasteiger partial charge is 0.309 e. The lowest BCUT2D eigenvalue weighted by atomic mass is 10.3. The number of nitrogens with one attached hydrogen (secondary N) is 1. The van der Waals surface area contributed by atoms with E-state index in [0.717, 1.165) is 6.54 Å². The third kappa shape index (κ3) is 3.97. The second kappa shape index (κ2) is 5.47. The SMILES string of the molecule is CC(NCCS(C)=O)c1cncs1. The highest BCUT2D eigenvalue weighted by atomic mass is 32.2. The molecule has 0 saturated heterocycles. The first-order chi connectivity index (χ1) is 6.20. The fourth-order valence-electron chi connectivity index (χ4n) is 0.959. The van der Waals surface area contributed by atoms with Crippen molar-refractivity contribution < 1.29 is 4.21 Å². The van der Waals surface area contributed by atoms with Gasteiger partial charge in [-0.2, -0.15) is 0 Å². The summed E-state index contributed by atoms with van der Waals surface area (Å²) in [6, 6.07) is 0.316. The van der Waals surface area contributed by atoms with Crippen molar-refractivity contribution in [2.75, 3.05) is 18.6 Å². The van der Waals surface area contributed by atoms with Gasteiger partial charge in [-0.3, -0.25) is 9.19 Å². The summed E-state index contributed by atoms with van der Waals surface area (Å²) in [5, 5.41) is 3.29. The zero-order valence-electron chi connectivity index (χ0n) is 7.82. The van der Waals surface area contributed by atoms with Gasteiger partial charge in [0.25, 0.3) is 0 Å². The summed E-state index contributed by atoms with van der Waals surface area (Å²) in [5.74, 6) is 0.711. The standard InChI is InChI=1S/C8H14N2OS2/c1-7(8-5-9-6-12-8)10-3-4-13(2)11/h5-7,10H,3-4H2,1-2H3. The number of aromatic nitrogens is 1. The fourth-order valence-corrected chi connectivity index (χ4v) is 2.02. The van der Waals surface area contributed by atoms with Crippen molar-refractivity contribution >= 4 is 22.1 Å². The molecule has 13 heavy (non-hydrogen) atoms. The lowest BCUT2D eigenvalue weighted by Gasteiger charge is -2.10. The minimum Gasteiger partial charge on any atom is -0.309 e. The second-order valence-corrected chi connectivity index (χ2v) is 5.33.